The van der Waals surface area contributed by atoms with Gasteiger partial charge in [-0.2, -0.15) is 0 Å². The van der Waals surface area contributed by atoms with Crippen LogP contribution in [-0.4, -0.2) is 17.0 Å². The summed E-state index contributed by atoms with van der Waals surface area (Å²) in [5.41, 5.74) is 6.96. The topological polar surface area (TPSA) is 92.4 Å². The molecule has 0 aliphatic carbocycles. The third-order valence-corrected chi connectivity index (χ3v) is 2.83. The molecule has 102 valence electrons. The number of carbonyl (C=O) groups is 2. The van der Waals surface area contributed by atoms with E-state index in [0.717, 1.165) is 0 Å². The Morgan fingerprint density at radius 3 is 2.15 bits per heavy atom. The molecule has 0 radical (unpaired) electrons. The van der Waals surface area contributed by atoms with Gasteiger partial charge in [0.2, 0.25) is 0 Å². The van der Waals surface area contributed by atoms with Crippen LogP contribution in [-0.2, 0) is 4.79 Å². The lowest BCUT2D eigenvalue weighted by molar-refractivity contribution is -0.139. The van der Waals surface area contributed by atoms with Crippen molar-refractivity contribution < 1.29 is 14.7 Å². The second kappa shape index (κ2) is 5.88. The Labute approximate surface area is 116 Å². The molecule has 0 bridgehead atoms. The predicted molar refractivity (Wildman–Crippen MR) is 75.1 cm³/mol. The standard InChI is InChI=1S/C15H14N2O3/c16-12-8-6-11(7-9-12)14(18)17-13(15(19)20)10-4-2-1-3-5-10/h1-9,13H,16H2,(H,17,18)(H,19,20). The Morgan fingerprint density at radius 2 is 1.60 bits per heavy atom. The second-order valence-corrected chi connectivity index (χ2v) is 4.28. The normalized spacial score (nSPS) is 11.6. The average molecular weight is 270 g/mol. The van der Waals surface area contributed by atoms with Crippen LogP contribution in [0.3, 0.4) is 0 Å². The van der Waals surface area contributed by atoms with E-state index in [0.29, 0.717) is 16.8 Å². The number of rotatable bonds is 4. The van der Waals surface area contributed by atoms with Crippen molar-refractivity contribution in [2.24, 2.45) is 0 Å². The first-order chi connectivity index (χ1) is 9.58. The van der Waals surface area contributed by atoms with Crippen molar-refractivity contribution in [3.8, 4) is 0 Å². The fourth-order valence-electron chi connectivity index (χ4n) is 1.78. The van der Waals surface area contributed by atoms with Gasteiger partial charge in [0.05, 0.1) is 0 Å². The summed E-state index contributed by atoms with van der Waals surface area (Å²) in [7, 11) is 0. The summed E-state index contributed by atoms with van der Waals surface area (Å²) < 4.78 is 0. The van der Waals surface area contributed by atoms with Crippen LogP contribution in [0.15, 0.2) is 54.6 Å². The predicted octanol–water partition coefficient (Wildman–Crippen LogP) is 1.82. The van der Waals surface area contributed by atoms with Gasteiger partial charge in [-0.15, -0.1) is 0 Å². The van der Waals surface area contributed by atoms with Crippen LogP contribution in [0.1, 0.15) is 22.0 Å². The molecular weight excluding hydrogens is 256 g/mol. The molecule has 0 saturated heterocycles. The van der Waals surface area contributed by atoms with E-state index in [4.69, 9.17) is 5.73 Å². The van der Waals surface area contributed by atoms with Crippen molar-refractivity contribution in [2.75, 3.05) is 5.73 Å². The number of hydrogen-bond acceptors (Lipinski definition) is 3. The first kappa shape index (κ1) is 13.6. The fraction of sp³-hybridized carbons (Fsp3) is 0.0667. The van der Waals surface area contributed by atoms with Gasteiger partial charge in [0.25, 0.3) is 5.91 Å². The van der Waals surface area contributed by atoms with Crippen LogP contribution in [0.5, 0.6) is 0 Å². The van der Waals surface area contributed by atoms with Gasteiger partial charge in [-0.25, -0.2) is 4.79 Å². The van der Waals surface area contributed by atoms with Crippen molar-refractivity contribution in [1.82, 2.24) is 5.32 Å². The zero-order chi connectivity index (χ0) is 14.5. The molecule has 1 amide bonds. The number of benzene rings is 2. The van der Waals surface area contributed by atoms with Crippen LogP contribution in [0, 0.1) is 0 Å². The van der Waals surface area contributed by atoms with Crippen LogP contribution in [0.2, 0.25) is 0 Å². The summed E-state index contributed by atoms with van der Waals surface area (Å²) in [6, 6.07) is 13.7. The molecule has 20 heavy (non-hydrogen) atoms. The minimum atomic E-state index is -1.11. The lowest BCUT2D eigenvalue weighted by Crippen LogP contribution is -2.33. The molecule has 2 aromatic carbocycles. The number of carboxylic acids is 1. The maximum absolute atomic E-state index is 12.0. The highest BCUT2D eigenvalue weighted by molar-refractivity contribution is 5.97. The van der Waals surface area contributed by atoms with Crippen molar-refractivity contribution in [3.63, 3.8) is 0 Å². The molecule has 2 aromatic rings. The Balaban J connectivity index is 2.19. The monoisotopic (exact) mass is 270 g/mol. The molecule has 1 unspecified atom stereocenters. The summed E-state index contributed by atoms with van der Waals surface area (Å²) in [6.45, 7) is 0. The Morgan fingerprint density at radius 1 is 1.00 bits per heavy atom. The highest BCUT2D eigenvalue weighted by Crippen LogP contribution is 2.14. The SMILES string of the molecule is Nc1ccc(C(=O)NC(C(=O)O)c2ccccc2)cc1. The largest absolute Gasteiger partial charge is 0.479 e. The molecule has 0 heterocycles. The molecular formula is C15H14N2O3. The zero-order valence-electron chi connectivity index (χ0n) is 10.6. The summed E-state index contributed by atoms with van der Waals surface area (Å²) in [6.07, 6.45) is 0. The highest BCUT2D eigenvalue weighted by atomic mass is 16.4. The van der Waals surface area contributed by atoms with Gasteiger partial charge in [-0.1, -0.05) is 30.3 Å². The van der Waals surface area contributed by atoms with Gasteiger partial charge in [-0.05, 0) is 29.8 Å². The Bertz CT molecular complexity index is 609. The summed E-state index contributed by atoms with van der Waals surface area (Å²) in [5, 5.41) is 11.7. The number of nitrogens with two attached hydrogens (primary N) is 1. The second-order valence-electron chi connectivity index (χ2n) is 4.28. The van der Waals surface area contributed by atoms with E-state index >= 15 is 0 Å². The molecule has 2 rings (SSSR count). The van der Waals surface area contributed by atoms with Crippen LogP contribution in [0.4, 0.5) is 5.69 Å². The van der Waals surface area contributed by atoms with Gasteiger partial charge in [0.15, 0.2) is 6.04 Å². The van der Waals surface area contributed by atoms with Crippen molar-refractivity contribution in [1.29, 1.82) is 0 Å². The highest BCUT2D eigenvalue weighted by Gasteiger charge is 2.22. The third kappa shape index (κ3) is 3.14. The van der Waals surface area contributed by atoms with Crippen molar-refractivity contribution in [2.45, 2.75) is 6.04 Å². The molecule has 5 heteroatoms. The van der Waals surface area contributed by atoms with Gasteiger partial charge in [0, 0.05) is 11.3 Å². The van der Waals surface area contributed by atoms with E-state index in [2.05, 4.69) is 5.32 Å². The summed E-state index contributed by atoms with van der Waals surface area (Å²) >= 11 is 0. The molecule has 0 fully saturated rings. The molecule has 0 aliphatic heterocycles. The lowest BCUT2D eigenvalue weighted by Gasteiger charge is -2.15. The van der Waals surface area contributed by atoms with E-state index in [1.165, 1.54) is 0 Å². The first-order valence-corrected chi connectivity index (χ1v) is 6.02. The maximum atomic E-state index is 12.0. The minimum Gasteiger partial charge on any atom is -0.479 e. The minimum absolute atomic E-state index is 0.362. The number of nitrogens with one attached hydrogen (secondary N) is 1. The molecule has 0 aliphatic rings. The maximum Gasteiger partial charge on any atom is 0.330 e. The molecule has 0 aromatic heterocycles. The number of amides is 1. The number of aliphatic carboxylic acids is 1. The molecule has 1 atom stereocenters. The van der Waals surface area contributed by atoms with E-state index in [1.807, 2.05) is 0 Å². The van der Waals surface area contributed by atoms with E-state index in [9.17, 15) is 14.7 Å². The third-order valence-electron chi connectivity index (χ3n) is 2.83. The van der Waals surface area contributed by atoms with Gasteiger partial charge >= 0.3 is 5.97 Å². The van der Waals surface area contributed by atoms with Crippen molar-refractivity contribution >= 4 is 17.6 Å². The number of carbonyl (C=O) groups excluding carboxylic acids is 1. The molecule has 0 saturated carbocycles. The molecule has 0 spiro atoms. The number of nitrogen functional groups attached to an aromatic ring is 1. The summed E-state index contributed by atoms with van der Waals surface area (Å²) in [4.78, 5) is 23.3. The number of carboxylic acid groups (broad SMARTS) is 1. The Kier molecular flexibility index (Phi) is 4.00. The molecule has 5 nitrogen and oxygen atoms in total. The smallest absolute Gasteiger partial charge is 0.330 e. The fourth-order valence-corrected chi connectivity index (χ4v) is 1.78. The van der Waals surface area contributed by atoms with Crippen LogP contribution < -0.4 is 11.1 Å². The average Bonchev–Trinajstić information content (AvgIpc) is 2.46. The zero-order valence-corrected chi connectivity index (χ0v) is 10.6. The number of anilines is 1. The summed E-state index contributed by atoms with van der Waals surface area (Å²) in [5.74, 6) is -1.57. The van der Waals surface area contributed by atoms with Gasteiger partial charge in [0.1, 0.15) is 0 Å². The Hall–Kier alpha value is -2.82. The van der Waals surface area contributed by atoms with E-state index < -0.39 is 17.9 Å². The first-order valence-electron chi connectivity index (χ1n) is 6.02. The molecule has 4 N–H and O–H groups in total. The van der Waals surface area contributed by atoms with Crippen molar-refractivity contribution in [3.05, 3.63) is 65.7 Å². The van der Waals surface area contributed by atoms with E-state index in [-0.39, 0.29) is 0 Å². The lowest BCUT2D eigenvalue weighted by atomic mass is 10.1. The van der Waals surface area contributed by atoms with Gasteiger partial charge in [-0.3, -0.25) is 4.79 Å². The van der Waals surface area contributed by atoms with Gasteiger partial charge < -0.3 is 16.2 Å². The van der Waals surface area contributed by atoms with Crippen LogP contribution in [0.25, 0.3) is 0 Å². The number of hydrogen-bond donors (Lipinski definition) is 3. The van der Waals surface area contributed by atoms with Crippen LogP contribution >= 0.6 is 0 Å². The van der Waals surface area contributed by atoms with E-state index in [1.54, 1.807) is 54.6 Å². The quantitative estimate of drug-likeness (QED) is 0.739.